The van der Waals surface area contributed by atoms with Crippen LogP contribution in [0.25, 0.3) is 0 Å². The summed E-state index contributed by atoms with van der Waals surface area (Å²) in [6.45, 7) is 9.68. The lowest BCUT2D eigenvalue weighted by atomic mass is 9.86. The molecule has 0 aromatic carbocycles. The maximum absolute atomic E-state index is 9.11. The van der Waals surface area contributed by atoms with E-state index in [1.807, 2.05) is 6.92 Å². The molecule has 15 heavy (non-hydrogen) atoms. The normalized spacial score (nSPS) is 24.4. The maximum Gasteiger partial charge on any atom is 0.0621 e. The predicted molar refractivity (Wildman–Crippen MR) is 63.7 cm³/mol. The number of hydrogen-bond acceptors (Lipinski definition) is 3. The SMILES string of the molecule is CC(C)C1CCN(CC(C)(N)CO)CC1. The molecular weight excluding hydrogens is 188 g/mol. The fourth-order valence-electron chi connectivity index (χ4n) is 2.34. The van der Waals surface area contributed by atoms with Crippen LogP contribution >= 0.6 is 0 Å². The third-order valence-electron chi connectivity index (χ3n) is 3.52. The highest BCUT2D eigenvalue weighted by Crippen LogP contribution is 2.24. The minimum absolute atomic E-state index is 0.0666. The molecule has 1 heterocycles. The van der Waals surface area contributed by atoms with E-state index >= 15 is 0 Å². The van der Waals surface area contributed by atoms with Gasteiger partial charge >= 0.3 is 0 Å². The lowest BCUT2D eigenvalue weighted by Gasteiger charge is -2.37. The molecule has 1 atom stereocenters. The molecule has 0 amide bonds. The second-order valence-electron chi connectivity index (χ2n) is 5.67. The van der Waals surface area contributed by atoms with E-state index in [0.29, 0.717) is 0 Å². The van der Waals surface area contributed by atoms with Crippen molar-refractivity contribution in [3.05, 3.63) is 0 Å². The van der Waals surface area contributed by atoms with Crippen LogP contribution in [0.1, 0.15) is 33.6 Å². The largest absolute Gasteiger partial charge is 0.394 e. The quantitative estimate of drug-likeness (QED) is 0.736. The van der Waals surface area contributed by atoms with E-state index in [1.165, 1.54) is 12.8 Å². The van der Waals surface area contributed by atoms with E-state index < -0.39 is 5.54 Å². The van der Waals surface area contributed by atoms with Crippen LogP contribution < -0.4 is 5.73 Å². The molecule has 0 saturated carbocycles. The van der Waals surface area contributed by atoms with E-state index in [2.05, 4.69) is 18.7 Å². The molecule has 0 aromatic heterocycles. The summed E-state index contributed by atoms with van der Waals surface area (Å²) >= 11 is 0. The Bertz CT molecular complexity index is 184. The van der Waals surface area contributed by atoms with Gasteiger partial charge in [-0.25, -0.2) is 0 Å². The van der Waals surface area contributed by atoms with Gasteiger partial charge in [-0.1, -0.05) is 13.8 Å². The average Bonchev–Trinajstić information content (AvgIpc) is 2.18. The minimum Gasteiger partial charge on any atom is -0.394 e. The highest BCUT2D eigenvalue weighted by molar-refractivity contribution is 4.84. The summed E-state index contributed by atoms with van der Waals surface area (Å²) in [5.41, 5.74) is 5.51. The van der Waals surface area contributed by atoms with E-state index in [-0.39, 0.29) is 6.61 Å². The first kappa shape index (κ1) is 12.9. The minimum atomic E-state index is -0.440. The molecule has 1 saturated heterocycles. The van der Waals surface area contributed by atoms with Crippen LogP contribution in [0, 0.1) is 11.8 Å². The van der Waals surface area contributed by atoms with Crippen LogP contribution in [0.15, 0.2) is 0 Å². The molecule has 3 nitrogen and oxygen atoms in total. The summed E-state index contributed by atoms with van der Waals surface area (Å²) in [6, 6.07) is 0. The van der Waals surface area contributed by atoms with Gasteiger partial charge in [-0.2, -0.15) is 0 Å². The summed E-state index contributed by atoms with van der Waals surface area (Å²) in [4.78, 5) is 2.38. The van der Waals surface area contributed by atoms with E-state index in [1.54, 1.807) is 0 Å². The predicted octanol–water partition coefficient (Wildman–Crippen LogP) is 1.06. The summed E-state index contributed by atoms with van der Waals surface area (Å²) < 4.78 is 0. The smallest absolute Gasteiger partial charge is 0.0621 e. The molecule has 0 radical (unpaired) electrons. The summed E-state index contributed by atoms with van der Waals surface area (Å²) in [5, 5.41) is 9.11. The molecule has 1 fully saturated rings. The van der Waals surface area contributed by atoms with Gasteiger partial charge in [0.15, 0.2) is 0 Å². The van der Waals surface area contributed by atoms with Crippen LogP contribution in [-0.4, -0.2) is 41.8 Å². The monoisotopic (exact) mass is 214 g/mol. The molecule has 90 valence electrons. The van der Waals surface area contributed by atoms with E-state index in [4.69, 9.17) is 10.8 Å². The van der Waals surface area contributed by atoms with Crippen LogP contribution in [0.2, 0.25) is 0 Å². The van der Waals surface area contributed by atoms with Crippen LogP contribution in [0.4, 0.5) is 0 Å². The number of nitrogens with two attached hydrogens (primary N) is 1. The topological polar surface area (TPSA) is 49.5 Å². The number of hydrogen-bond donors (Lipinski definition) is 2. The van der Waals surface area contributed by atoms with Gasteiger partial charge in [-0.05, 0) is 44.7 Å². The van der Waals surface area contributed by atoms with Crippen LogP contribution in [0.5, 0.6) is 0 Å². The average molecular weight is 214 g/mol. The van der Waals surface area contributed by atoms with Gasteiger partial charge in [-0.3, -0.25) is 0 Å². The second kappa shape index (κ2) is 5.28. The van der Waals surface area contributed by atoms with Crippen molar-refractivity contribution < 1.29 is 5.11 Å². The van der Waals surface area contributed by atoms with Crippen molar-refractivity contribution in [1.82, 2.24) is 4.90 Å². The Balaban J connectivity index is 2.32. The zero-order chi connectivity index (χ0) is 11.5. The number of aliphatic hydroxyl groups excluding tert-OH is 1. The van der Waals surface area contributed by atoms with Crippen molar-refractivity contribution in [1.29, 1.82) is 0 Å². The molecule has 1 aliphatic heterocycles. The van der Waals surface area contributed by atoms with Gasteiger partial charge in [0.25, 0.3) is 0 Å². The Morgan fingerprint density at radius 2 is 1.93 bits per heavy atom. The first-order valence-corrected chi connectivity index (χ1v) is 6.07. The Morgan fingerprint density at radius 3 is 2.33 bits per heavy atom. The molecule has 0 bridgehead atoms. The van der Waals surface area contributed by atoms with E-state index in [0.717, 1.165) is 31.5 Å². The van der Waals surface area contributed by atoms with Crippen molar-refractivity contribution >= 4 is 0 Å². The number of aliphatic hydroxyl groups is 1. The van der Waals surface area contributed by atoms with Crippen LogP contribution in [-0.2, 0) is 0 Å². The number of nitrogens with zero attached hydrogens (tertiary/aromatic N) is 1. The number of piperidine rings is 1. The molecule has 0 aromatic rings. The van der Waals surface area contributed by atoms with Gasteiger partial charge in [-0.15, -0.1) is 0 Å². The Kier molecular flexibility index (Phi) is 4.56. The zero-order valence-electron chi connectivity index (χ0n) is 10.4. The molecule has 1 unspecified atom stereocenters. The third kappa shape index (κ3) is 4.09. The number of rotatable bonds is 4. The zero-order valence-corrected chi connectivity index (χ0v) is 10.4. The second-order valence-corrected chi connectivity index (χ2v) is 5.67. The maximum atomic E-state index is 9.11. The molecule has 0 spiro atoms. The standard InChI is InChI=1S/C12H26N2O/c1-10(2)11-4-6-14(7-5-11)8-12(3,13)9-15/h10-11,15H,4-9,13H2,1-3H3. The first-order chi connectivity index (χ1) is 6.94. The summed E-state index contributed by atoms with van der Waals surface area (Å²) in [7, 11) is 0. The van der Waals surface area contributed by atoms with Gasteiger partial charge in [0, 0.05) is 12.1 Å². The third-order valence-corrected chi connectivity index (χ3v) is 3.52. The van der Waals surface area contributed by atoms with E-state index in [9.17, 15) is 0 Å². The van der Waals surface area contributed by atoms with Gasteiger partial charge < -0.3 is 15.7 Å². The summed E-state index contributed by atoms with van der Waals surface area (Å²) in [6.07, 6.45) is 2.55. The Morgan fingerprint density at radius 1 is 1.40 bits per heavy atom. The molecule has 3 N–H and O–H groups in total. The van der Waals surface area contributed by atoms with Gasteiger partial charge in [0.05, 0.1) is 6.61 Å². The Labute approximate surface area is 93.6 Å². The van der Waals surface area contributed by atoms with Crippen molar-refractivity contribution in [3.8, 4) is 0 Å². The molecule has 1 rings (SSSR count). The van der Waals surface area contributed by atoms with Crippen molar-refractivity contribution in [2.24, 2.45) is 17.6 Å². The highest BCUT2D eigenvalue weighted by Gasteiger charge is 2.26. The summed E-state index contributed by atoms with van der Waals surface area (Å²) in [5.74, 6) is 1.67. The fraction of sp³-hybridized carbons (Fsp3) is 1.00. The highest BCUT2D eigenvalue weighted by atomic mass is 16.3. The van der Waals surface area contributed by atoms with Crippen molar-refractivity contribution in [2.45, 2.75) is 39.2 Å². The fourth-order valence-corrected chi connectivity index (χ4v) is 2.34. The lowest BCUT2D eigenvalue weighted by molar-refractivity contribution is 0.106. The van der Waals surface area contributed by atoms with Crippen molar-refractivity contribution in [3.63, 3.8) is 0 Å². The van der Waals surface area contributed by atoms with Crippen LogP contribution in [0.3, 0.4) is 0 Å². The number of likely N-dealkylation sites (tertiary alicyclic amines) is 1. The molecule has 1 aliphatic rings. The van der Waals surface area contributed by atoms with Gasteiger partial charge in [0.2, 0.25) is 0 Å². The molecular formula is C12H26N2O. The lowest BCUT2D eigenvalue weighted by Crippen LogP contribution is -2.52. The van der Waals surface area contributed by atoms with Crippen molar-refractivity contribution in [2.75, 3.05) is 26.2 Å². The molecule has 3 heteroatoms. The molecule has 0 aliphatic carbocycles. The Hall–Kier alpha value is -0.120. The first-order valence-electron chi connectivity index (χ1n) is 6.07. The van der Waals surface area contributed by atoms with Gasteiger partial charge in [0.1, 0.15) is 0 Å².